The molecule has 1 aliphatic carbocycles. The Bertz CT molecular complexity index is 219. The first-order chi connectivity index (χ1) is 6.95. The van der Waals surface area contributed by atoms with Gasteiger partial charge in [-0.25, -0.2) is 0 Å². The Balaban J connectivity index is 0.000000461. The van der Waals surface area contributed by atoms with Crippen LogP contribution in [0.5, 0.6) is 0 Å². The fraction of sp³-hybridized carbons (Fsp3) is 0.571. The molecule has 0 aromatic heterocycles. The van der Waals surface area contributed by atoms with Gasteiger partial charge in [0, 0.05) is 0 Å². The third-order valence-electron chi connectivity index (χ3n) is 2.84. The molecule has 2 rings (SSSR count). The fourth-order valence-electron chi connectivity index (χ4n) is 2.16. The first-order valence-electron chi connectivity index (χ1n) is 5.99. The predicted molar refractivity (Wildman–Crippen MR) is 63.5 cm³/mol. The molecule has 0 nitrogen and oxygen atoms in total. The molecule has 14 heavy (non-hydrogen) atoms. The summed E-state index contributed by atoms with van der Waals surface area (Å²) in [5.74, 6) is 0.979. The maximum absolute atomic E-state index is 2.25. The van der Waals surface area contributed by atoms with Crippen LogP contribution in [0, 0.1) is 5.92 Å². The molecule has 0 atom stereocenters. The molecule has 78 valence electrons. The lowest BCUT2D eigenvalue weighted by atomic mass is 9.98. The minimum Gasteiger partial charge on any atom is -0.0683 e. The molecule has 0 saturated heterocycles. The van der Waals surface area contributed by atoms with E-state index in [0.29, 0.717) is 0 Å². The smallest absolute Gasteiger partial charge is 0.0250 e. The van der Waals surface area contributed by atoms with Crippen LogP contribution in [0.2, 0.25) is 0 Å². The van der Waals surface area contributed by atoms with Crippen LogP contribution in [0.25, 0.3) is 0 Å². The quantitative estimate of drug-likeness (QED) is 0.646. The van der Waals surface area contributed by atoms with Crippen molar-refractivity contribution in [2.45, 2.75) is 46.0 Å². The molecule has 0 heteroatoms. The normalized spacial score (nSPS) is 16.1. The third-order valence-corrected chi connectivity index (χ3v) is 2.84. The fourth-order valence-corrected chi connectivity index (χ4v) is 2.16. The van der Waals surface area contributed by atoms with Crippen LogP contribution in [0.4, 0.5) is 0 Å². The van der Waals surface area contributed by atoms with Gasteiger partial charge in [-0.1, -0.05) is 69.9 Å². The monoisotopic (exact) mass is 190 g/mol. The largest absolute Gasteiger partial charge is 0.0683 e. The molecule has 1 fully saturated rings. The molecule has 0 unspecified atom stereocenters. The Morgan fingerprint density at radius 3 is 2.14 bits per heavy atom. The van der Waals surface area contributed by atoms with Gasteiger partial charge in [-0.05, 0) is 17.9 Å². The van der Waals surface area contributed by atoms with Gasteiger partial charge in [0.1, 0.15) is 0 Å². The molecule has 1 aromatic carbocycles. The number of benzene rings is 1. The summed E-state index contributed by atoms with van der Waals surface area (Å²) in [6, 6.07) is 10.9. The summed E-state index contributed by atoms with van der Waals surface area (Å²) >= 11 is 0. The van der Waals surface area contributed by atoms with E-state index in [-0.39, 0.29) is 0 Å². The van der Waals surface area contributed by atoms with E-state index in [1.54, 1.807) is 0 Å². The van der Waals surface area contributed by atoms with Gasteiger partial charge in [0.25, 0.3) is 0 Å². The number of hydrogen-bond donors (Lipinski definition) is 0. The summed E-state index contributed by atoms with van der Waals surface area (Å²) in [6.45, 7) is 4.00. The van der Waals surface area contributed by atoms with Crippen molar-refractivity contribution in [1.29, 1.82) is 0 Å². The highest BCUT2D eigenvalue weighted by molar-refractivity contribution is 5.15. The van der Waals surface area contributed by atoms with Gasteiger partial charge >= 0.3 is 0 Å². The second-order valence-corrected chi connectivity index (χ2v) is 3.84. The van der Waals surface area contributed by atoms with Gasteiger partial charge in [-0.15, -0.1) is 0 Å². The number of hydrogen-bond acceptors (Lipinski definition) is 0. The second kappa shape index (κ2) is 6.64. The molecular weight excluding hydrogens is 168 g/mol. The number of rotatable bonds is 2. The van der Waals surface area contributed by atoms with Crippen molar-refractivity contribution in [1.82, 2.24) is 0 Å². The van der Waals surface area contributed by atoms with Crippen molar-refractivity contribution < 1.29 is 0 Å². The molecular formula is C14H22. The minimum atomic E-state index is 0.979. The van der Waals surface area contributed by atoms with Gasteiger partial charge in [0.05, 0.1) is 0 Å². The third kappa shape index (κ3) is 3.53. The van der Waals surface area contributed by atoms with Crippen molar-refractivity contribution in [2.75, 3.05) is 0 Å². The highest BCUT2D eigenvalue weighted by atomic mass is 14.2. The lowest BCUT2D eigenvalue weighted by molar-refractivity contribution is 0.546. The molecule has 0 N–H and O–H groups in total. The zero-order valence-corrected chi connectivity index (χ0v) is 9.50. The van der Waals surface area contributed by atoms with E-state index in [2.05, 4.69) is 30.3 Å². The van der Waals surface area contributed by atoms with Crippen LogP contribution < -0.4 is 0 Å². The molecule has 0 heterocycles. The summed E-state index contributed by atoms with van der Waals surface area (Å²) in [7, 11) is 0. The molecule has 0 radical (unpaired) electrons. The van der Waals surface area contributed by atoms with Crippen molar-refractivity contribution in [3.63, 3.8) is 0 Å². The maximum atomic E-state index is 2.25. The Morgan fingerprint density at radius 1 is 1.00 bits per heavy atom. The van der Waals surface area contributed by atoms with Crippen molar-refractivity contribution >= 4 is 0 Å². The van der Waals surface area contributed by atoms with Crippen LogP contribution in [-0.4, -0.2) is 0 Å². The van der Waals surface area contributed by atoms with Crippen LogP contribution >= 0.6 is 0 Å². The maximum Gasteiger partial charge on any atom is -0.0250 e. The summed E-state index contributed by atoms with van der Waals surface area (Å²) < 4.78 is 0. The zero-order chi connectivity index (χ0) is 10.2. The Morgan fingerprint density at radius 2 is 1.57 bits per heavy atom. The van der Waals surface area contributed by atoms with E-state index >= 15 is 0 Å². The van der Waals surface area contributed by atoms with Crippen LogP contribution in [0.3, 0.4) is 0 Å². The standard InChI is InChI=1S/C12H16.C2H6/c1-2-6-11(7-3-1)10-12-8-4-5-9-12;1-2/h1-3,6-7,12H,4-5,8-10H2;1-2H3. The topological polar surface area (TPSA) is 0 Å². The van der Waals surface area contributed by atoms with Gasteiger partial charge in [-0.2, -0.15) is 0 Å². The molecule has 1 aromatic rings. The van der Waals surface area contributed by atoms with E-state index in [0.717, 1.165) is 5.92 Å². The minimum absolute atomic E-state index is 0.979. The Kier molecular flexibility index (Phi) is 5.36. The van der Waals surface area contributed by atoms with E-state index in [1.165, 1.54) is 37.7 Å². The average molecular weight is 190 g/mol. The van der Waals surface area contributed by atoms with Crippen LogP contribution in [0.15, 0.2) is 30.3 Å². The average Bonchev–Trinajstić information content (AvgIpc) is 2.75. The van der Waals surface area contributed by atoms with Crippen LogP contribution in [-0.2, 0) is 6.42 Å². The summed E-state index contributed by atoms with van der Waals surface area (Å²) in [5.41, 5.74) is 1.52. The predicted octanol–water partition coefficient (Wildman–Crippen LogP) is 4.45. The van der Waals surface area contributed by atoms with E-state index in [1.807, 2.05) is 13.8 Å². The van der Waals surface area contributed by atoms with E-state index in [9.17, 15) is 0 Å². The zero-order valence-electron chi connectivity index (χ0n) is 9.50. The first-order valence-corrected chi connectivity index (χ1v) is 5.99. The van der Waals surface area contributed by atoms with Gasteiger partial charge in [0.2, 0.25) is 0 Å². The molecule has 0 spiro atoms. The molecule has 1 saturated carbocycles. The van der Waals surface area contributed by atoms with Gasteiger partial charge in [0.15, 0.2) is 0 Å². The Labute approximate surface area is 88.4 Å². The van der Waals surface area contributed by atoms with Crippen LogP contribution in [0.1, 0.15) is 45.1 Å². The molecule has 0 amide bonds. The second-order valence-electron chi connectivity index (χ2n) is 3.84. The van der Waals surface area contributed by atoms with E-state index < -0.39 is 0 Å². The lowest BCUT2D eigenvalue weighted by Gasteiger charge is -2.07. The van der Waals surface area contributed by atoms with E-state index in [4.69, 9.17) is 0 Å². The first kappa shape index (κ1) is 11.3. The SMILES string of the molecule is CC.c1ccc(CC2CCCC2)cc1. The summed E-state index contributed by atoms with van der Waals surface area (Å²) in [5, 5.41) is 0. The summed E-state index contributed by atoms with van der Waals surface area (Å²) in [6.07, 6.45) is 7.12. The van der Waals surface area contributed by atoms with Crippen molar-refractivity contribution in [3.05, 3.63) is 35.9 Å². The van der Waals surface area contributed by atoms with Gasteiger partial charge < -0.3 is 0 Å². The molecule has 1 aliphatic rings. The lowest BCUT2D eigenvalue weighted by Crippen LogP contribution is -1.97. The summed E-state index contributed by atoms with van der Waals surface area (Å²) in [4.78, 5) is 0. The Hall–Kier alpha value is -0.780. The van der Waals surface area contributed by atoms with Gasteiger partial charge in [-0.3, -0.25) is 0 Å². The van der Waals surface area contributed by atoms with Crippen molar-refractivity contribution in [2.24, 2.45) is 5.92 Å². The highest BCUT2D eigenvalue weighted by Gasteiger charge is 2.14. The highest BCUT2D eigenvalue weighted by Crippen LogP contribution is 2.27. The molecule has 0 bridgehead atoms. The molecule has 0 aliphatic heterocycles. The van der Waals surface area contributed by atoms with Crippen molar-refractivity contribution in [3.8, 4) is 0 Å².